The van der Waals surface area contributed by atoms with Crippen LogP contribution in [0, 0.1) is 0 Å². The zero-order valence-corrected chi connectivity index (χ0v) is 14.1. The van der Waals surface area contributed by atoms with E-state index in [-0.39, 0.29) is 25.7 Å². The average molecular weight is 345 g/mol. The van der Waals surface area contributed by atoms with E-state index < -0.39 is 11.9 Å². The average Bonchev–Trinajstić information content (AvgIpc) is 2.61. The number of carbonyl (C=O) groups excluding carboxylic acids is 1. The highest BCUT2D eigenvalue weighted by Gasteiger charge is 2.21. The zero-order chi connectivity index (χ0) is 17.9. The Morgan fingerprint density at radius 2 is 1.62 bits per heavy atom. The lowest BCUT2D eigenvalue weighted by Gasteiger charge is -2.30. The number of hydrogen-bond acceptors (Lipinski definition) is 7. The van der Waals surface area contributed by atoms with Gasteiger partial charge in [-0.3, -0.25) is 29.1 Å². The molecule has 1 rings (SSSR count). The lowest BCUT2D eigenvalue weighted by molar-refractivity contribution is -0.139. The van der Waals surface area contributed by atoms with Crippen LogP contribution in [0.5, 0.6) is 0 Å². The fourth-order valence-corrected chi connectivity index (χ4v) is 2.73. The molecule has 1 saturated heterocycles. The van der Waals surface area contributed by atoms with Gasteiger partial charge >= 0.3 is 11.9 Å². The summed E-state index contributed by atoms with van der Waals surface area (Å²) in [7, 11) is 0. The van der Waals surface area contributed by atoms with E-state index in [0.29, 0.717) is 52.2 Å². The molecule has 0 radical (unpaired) electrons. The second kappa shape index (κ2) is 11.0. The zero-order valence-electron chi connectivity index (χ0n) is 14.1. The molecular formula is C15H27N3O6. The molecule has 1 atom stereocenters. The van der Waals surface area contributed by atoms with Gasteiger partial charge in [-0.1, -0.05) is 0 Å². The molecule has 0 aromatic heterocycles. The van der Waals surface area contributed by atoms with Gasteiger partial charge in [-0.15, -0.1) is 0 Å². The van der Waals surface area contributed by atoms with E-state index in [2.05, 4.69) is 4.90 Å². The molecule has 138 valence electrons. The molecule has 0 amide bonds. The fourth-order valence-electron chi connectivity index (χ4n) is 2.73. The van der Waals surface area contributed by atoms with Crippen LogP contribution in [0.15, 0.2) is 0 Å². The largest absolute Gasteiger partial charge is 0.481 e. The van der Waals surface area contributed by atoms with Crippen molar-refractivity contribution in [1.29, 1.82) is 0 Å². The number of carboxylic acids is 2. The Labute approximate surface area is 141 Å². The highest BCUT2D eigenvalue weighted by atomic mass is 16.5. The Morgan fingerprint density at radius 3 is 2.21 bits per heavy atom. The molecule has 9 heteroatoms. The summed E-state index contributed by atoms with van der Waals surface area (Å²) in [5.41, 5.74) is 0. The van der Waals surface area contributed by atoms with Crippen molar-refractivity contribution in [3.63, 3.8) is 0 Å². The van der Waals surface area contributed by atoms with Crippen LogP contribution < -0.4 is 0 Å². The first-order valence-corrected chi connectivity index (χ1v) is 8.10. The lowest BCUT2D eigenvalue weighted by atomic mass is 10.1. The number of carboxylic acid groups (broad SMARTS) is 2. The number of carbonyl (C=O) groups is 3. The summed E-state index contributed by atoms with van der Waals surface area (Å²) in [6.45, 7) is 6.36. The third-order valence-electron chi connectivity index (χ3n) is 4.22. The van der Waals surface area contributed by atoms with E-state index in [4.69, 9.17) is 14.9 Å². The molecule has 2 N–H and O–H groups in total. The van der Waals surface area contributed by atoms with Crippen molar-refractivity contribution >= 4 is 18.4 Å². The first kappa shape index (κ1) is 20.3. The quantitative estimate of drug-likeness (QED) is 0.528. The van der Waals surface area contributed by atoms with E-state index >= 15 is 0 Å². The summed E-state index contributed by atoms with van der Waals surface area (Å²) >= 11 is 0. The Hall–Kier alpha value is -1.71. The Kier molecular flexibility index (Phi) is 9.28. The van der Waals surface area contributed by atoms with Crippen LogP contribution in [-0.4, -0.2) is 102 Å². The van der Waals surface area contributed by atoms with Gasteiger partial charge in [-0.25, -0.2) is 0 Å². The van der Waals surface area contributed by atoms with Crippen molar-refractivity contribution in [2.75, 3.05) is 52.5 Å². The van der Waals surface area contributed by atoms with Crippen LogP contribution in [0.3, 0.4) is 0 Å². The number of nitrogens with zero attached hydrogens (tertiary/aromatic N) is 3. The number of hydrogen-bond donors (Lipinski definition) is 2. The first-order valence-electron chi connectivity index (χ1n) is 8.10. The molecule has 1 fully saturated rings. The van der Waals surface area contributed by atoms with Crippen molar-refractivity contribution in [1.82, 2.24) is 14.7 Å². The van der Waals surface area contributed by atoms with Crippen LogP contribution >= 0.6 is 0 Å². The van der Waals surface area contributed by atoms with Crippen LogP contribution in [0.2, 0.25) is 0 Å². The van der Waals surface area contributed by atoms with Crippen LogP contribution in [0.1, 0.15) is 19.8 Å². The Morgan fingerprint density at radius 1 is 1.04 bits per heavy atom. The summed E-state index contributed by atoms with van der Waals surface area (Å²) < 4.78 is 4.82. The van der Waals surface area contributed by atoms with Gasteiger partial charge in [0.25, 0.3) is 6.47 Å². The van der Waals surface area contributed by atoms with Crippen LogP contribution in [-0.2, 0) is 19.1 Å². The molecule has 0 spiro atoms. The normalized spacial score (nSPS) is 19.7. The smallest absolute Gasteiger partial charge is 0.317 e. The molecule has 1 aliphatic rings. The molecule has 0 aliphatic carbocycles. The maximum absolute atomic E-state index is 11.0. The van der Waals surface area contributed by atoms with Crippen molar-refractivity contribution in [2.45, 2.75) is 25.8 Å². The fraction of sp³-hybridized carbons (Fsp3) is 0.800. The van der Waals surface area contributed by atoms with Crippen LogP contribution in [0.4, 0.5) is 0 Å². The van der Waals surface area contributed by atoms with Gasteiger partial charge < -0.3 is 14.9 Å². The minimum absolute atomic E-state index is 0.0419. The molecule has 0 aromatic rings. The van der Waals surface area contributed by atoms with E-state index in [1.165, 1.54) is 0 Å². The molecule has 0 saturated carbocycles. The molecular weight excluding hydrogens is 318 g/mol. The highest BCUT2D eigenvalue weighted by Crippen LogP contribution is 2.09. The Bertz CT molecular complexity index is 420. The molecule has 0 bridgehead atoms. The van der Waals surface area contributed by atoms with E-state index in [1.54, 1.807) is 0 Å². The van der Waals surface area contributed by atoms with Crippen molar-refractivity contribution in [2.24, 2.45) is 0 Å². The first-order chi connectivity index (χ1) is 11.4. The van der Waals surface area contributed by atoms with Gasteiger partial charge in [0.15, 0.2) is 0 Å². The molecule has 24 heavy (non-hydrogen) atoms. The van der Waals surface area contributed by atoms with Gasteiger partial charge in [-0.2, -0.15) is 0 Å². The third-order valence-corrected chi connectivity index (χ3v) is 4.22. The van der Waals surface area contributed by atoms with E-state index in [9.17, 15) is 14.4 Å². The molecule has 9 nitrogen and oxygen atoms in total. The maximum Gasteiger partial charge on any atom is 0.317 e. The lowest BCUT2D eigenvalue weighted by Crippen LogP contribution is -2.42. The summed E-state index contributed by atoms with van der Waals surface area (Å²) in [4.78, 5) is 38.1. The molecule has 1 unspecified atom stereocenters. The monoisotopic (exact) mass is 345 g/mol. The van der Waals surface area contributed by atoms with Crippen molar-refractivity contribution in [3.05, 3.63) is 0 Å². The summed E-state index contributed by atoms with van der Waals surface area (Å²) in [6.07, 6.45) is 0.646. The number of aliphatic carboxylic acids is 2. The van der Waals surface area contributed by atoms with E-state index in [0.717, 1.165) is 0 Å². The minimum Gasteiger partial charge on any atom is -0.481 e. The van der Waals surface area contributed by atoms with E-state index in [1.807, 2.05) is 16.7 Å². The molecule has 0 aromatic carbocycles. The Balaban J connectivity index is 2.68. The minimum atomic E-state index is -0.879. The van der Waals surface area contributed by atoms with Gasteiger partial charge in [0.1, 0.15) is 6.73 Å². The summed E-state index contributed by atoms with van der Waals surface area (Å²) in [5, 5.41) is 17.9. The van der Waals surface area contributed by atoms with Gasteiger partial charge in [-0.05, 0) is 13.3 Å². The SMILES string of the molecule is CC(CCC(=O)O)N1CCN(COC=O)CCN(CC(=O)O)CC1. The van der Waals surface area contributed by atoms with Gasteiger partial charge in [0.05, 0.1) is 6.54 Å². The maximum atomic E-state index is 11.0. The van der Waals surface area contributed by atoms with Crippen LogP contribution in [0.25, 0.3) is 0 Å². The van der Waals surface area contributed by atoms with Gasteiger partial charge in [0, 0.05) is 51.7 Å². The highest BCUT2D eigenvalue weighted by molar-refractivity contribution is 5.69. The molecule has 1 heterocycles. The second-order valence-electron chi connectivity index (χ2n) is 6.00. The van der Waals surface area contributed by atoms with Crippen molar-refractivity contribution in [3.8, 4) is 0 Å². The third kappa shape index (κ3) is 8.23. The predicted octanol–water partition coefficient (Wildman–Crippen LogP) is -0.626. The number of ether oxygens (including phenoxy) is 1. The van der Waals surface area contributed by atoms with Crippen molar-refractivity contribution < 1.29 is 29.3 Å². The standard InChI is InChI=1S/C15H27N3O6/c1-13(2-3-14(20)21)18-8-6-16(10-15(22)23)4-5-17(7-9-18)11-24-12-19/h12-13H,2-11H2,1H3,(H,20,21)(H,22,23). The molecule has 1 aliphatic heterocycles. The van der Waals surface area contributed by atoms with Gasteiger partial charge in [0.2, 0.25) is 0 Å². The topological polar surface area (TPSA) is 111 Å². The second-order valence-corrected chi connectivity index (χ2v) is 6.00. The summed E-state index contributed by atoms with van der Waals surface area (Å²) in [5.74, 6) is -1.70. The predicted molar refractivity (Wildman–Crippen MR) is 85.6 cm³/mol. The number of rotatable bonds is 9. The summed E-state index contributed by atoms with van der Waals surface area (Å²) in [6, 6.07) is 0.0831.